The van der Waals surface area contributed by atoms with E-state index < -0.39 is 0 Å². The average molecular weight is 366 g/mol. The molecule has 1 aromatic rings. The highest BCUT2D eigenvalue weighted by Gasteiger charge is 2.13. The first-order chi connectivity index (χ1) is 10.1. The molecule has 0 N–H and O–H groups in total. The fraction of sp³-hybridized carbons (Fsp3) is 0.400. The Morgan fingerprint density at radius 1 is 1.29 bits per heavy atom. The summed E-state index contributed by atoms with van der Waals surface area (Å²) in [7, 11) is 0. The fourth-order valence-electron chi connectivity index (χ4n) is 1.74. The van der Waals surface area contributed by atoms with E-state index in [0.29, 0.717) is 31.7 Å². The van der Waals surface area contributed by atoms with E-state index in [-0.39, 0.29) is 5.91 Å². The molecule has 0 heterocycles. The Kier molecular flexibility index (Phi) is 7.89. The van der Waals surface area contributed by atoms with Gasteiger partial charge in [-0.3, -0.25) is 4.79 Å². The van der Waals surface area contributed by atoms with Crippen LogP contribution in [0.15, 0.2) is 27.6 Å². The predicted molar refractivity (Wildman–Crippen MR) is 86.6 cm³/mol. The maximum absolute atomic E-state index is 12.2. The summed E-state index contributed by atoms with van der Waals surface area (Å²) < 4.78 is 1.01. The first-order valence-corrected chi connectivity index (χ1v) is 8.27. The minimum absolute atomic E-state index is 0.0344. The molecule has 0 fully saturated rings. The standard InChI is InChI=1S/C15H16BrN3OS/c1-12-10-13(16)4-5-14(12)21-11-15(20)19(8-2-6-17)9-3-7-18/h4-5,10H,2-3,8-9,11H2,1H3. The van der Waals surface area contributed by atoms with Crippen molar-refractivity contribution in [2.75, 3.05) is 18.8 Å². The van der Waals surface area contributed by atoms with E-state index in [0.717, 1.165) is 14.9 Å². The summed E-state index contributed by atoms with van der Waals surface area (Å²) >= 11 is 4.89. The van der Waals surface area contributed by atoms with Crippen molar-refractivity contribution in [3.63, 3.8) is 0 Å². The summed E-state index contributed by atoms with van der Waals surface area (Å²) in [6.07, 6.45) is 0.582. The lowest BCUT2D eigenvalue weighted by atomic mass is 10.2. The lowest BCUT2D eigenvalue weighted by Gasteiger charge is -2.20. The maximum atomic E-state index is 12.2. The van der Waals surface area contributed by atoms with Gasteiger partial charge in [0.15, 0.2) is 0 Å². The van der Waals surface area contributed by atoms with E-state index in [4.69, 9.17) is 10.5 Å². The summed E-state index contributed by atoms with van der Waals surface area (Å²) in [5, 5.41) is 17.3. The molecule has 1 aromatic carbocycles. The number of aryl methyl sites for hydroxylation is 1. The molecule has 0 aliphatic heterocycles. The SMILES string of the molecule is Cc1cc(Br)ccc1SCC(=O)N(CCC#N)CCC#N. The van der Waals surface area contributed by atoms with Crippen molar-refractivity contribution in [1.82, 2.24) is 4.90 Å². The average Bonchev–Trinajstić information content (AvgIpc) is 2.46. The molecule has 0 unspecified atom stereocenters. The van der Waals surface area contributed by atoms with E-state index in [9.17, 15) is 4.79 Å². The number of thioether (sulfide) groups is 1. The van der Waals surface area contributed by atoms with Gasteiger partial charge in [0.2, 0.25) is 5.91 Å². The number of carbonyl (C=O) groups excluding carboxylic acids is 1. The molecule has 0 saturated carbocycles. The third-order valence-corrected chi connectivity index (χ3v) is 4.48. The molecule has 1 rings (SSSR count). The number of hydrogen-bond acceptors (Lipinski definition) is 4. The van der Waals surface area contributed by atoms with Gasteiger partial charge < -0.3 is 4.90 Å². The summed E-state index contributed by atoms with van der Waals surface area (Å²) in [5.74, 6) is 0.284. The zero-order valence-corrected chi connectivity index (χ0v) is 14.2. The number of amides is 1. The van der Waals surface area contributed by atoms with E-state index >= 15 is 0 Å². The van der Waals surface area contributed by atoms with Gasteiger partial charge in [0.05, 0.1) is 30.7 Å². The third-order valence-electron chi connectivity index (χ3n) is 2.83. The zero-order chi connectivity index (χ0) is 15.7. The summed E-state index contributed by atoms with van der Waals surface area (Å²) in [6, 6.07) is 10.00. The molecular weight excluding hydrogens is 350 g/mol. The fourth-order valence-corrected chi connectivity index (χ4v) is 3.12. The van der Waals surface area contributed by atoms with Gasteiger partial charge in [0.25, 0.3) is 0 Å². The van der Waals surface area contributed by atoms with E-state index in [1.807, 2.05) is 37.3 Å². The molecule has 4 nitrogen and oxygen atoms in total. The number of nitrogens with zero attached hydrogens (tertiary/aromatic N) is 3. The van der Waals surface area contributed by atoms with Crippen LogP contribution in [0.5, 0.6) is 0 Å². The minimum Gasteiger partial charge on any atom is -0.340 e. The van der Waals surface area contributed by atoms with Crippen LogP contribution in [0.25, 0.3) is 0 Å². The Morgan fingerprint density at radius 3 is 2.43 bits per heavy atom. The van der Waals surface area contributed by atoms with Gasteiger partial charge in [-0.2, -0.15) is 10.5 Å². The Hall–Kier alpha value is -1.50. The van der Waals surface area contributed by atoms with Crippen LogP contribution in [-0.4, -0.2) is 29.6 Å². The highest BCUT2D eigenvalue weighted by atomic mass is 79.9. The van der Waals surface area contributed by atoms with Gasteiger partial charge in [-0.15, -0.1) is 11.8 Å². The molecule has 1 amide bonds. The molecule has 0 saturated heterocycles. The number of benzene rings is 1. The molecule has 0 spiro atoms. The zero-order valence-electron chi connectivity index (χ0n) is 11.8. The second-order valence-corrected chi connectivity index (χ2v) is 6.33. The van der Waals surface area contributed by atoms with Gasteiger partial charge in [0.1, 0.15) is 0 Å². The minimum atomic E-state index is -0.0344. The predicted octanol–water partition coefficient (Wildman–Crippen LogP) is 3.51. The van der Waals surface area contributed by atoms with Gasteiger partial charge in [-0.1, -0.05) is 15.9 Å². The van der Waals surface area contributed by atoms with Crippen LogP contribution in [0.3, 0.4) is 0 Å². The lowest BCUT2D eigenvalue weighted by molar-refractivity contribution is -0.128. The Labute approximate surface area is 137 Å². The molecule has 21 heavy (non-hydrogen) atoms. The Balaban J connectivity index is 2.60. The molecule has 0 aromatic heterocycles. The second kappa shape index (κ2) is 9.44. The molecule has 110 valence electrons. The molecular formula is C15H16BrN3OS. The second-order valence-electron chi connectivity index (χ2n) is 4.40. The number of halogens is 1. The molecule has 0 aliphatic carbocycles. The van der Waals surface area contributed by atoms with Crippen LogP contribution in [0.1, 0.15) is 18.4 Å². The molecule has 0 bridgehead atoms. The summed E-state index contributed by atoms with van der Waals surface area (Å²) in [6.45, 7) is 2.77. The van der Waals surface area contributed by atoms with E-state index in [1.165, 1.54) is 11.8 Å². The van der Waals surface area contributed by atoms with E-state index in [1.54, 1.807) is 4.90 Å². The van der Waals surface area contributed by atoms with E-state index in [2.05, 4.69) is 15.9 Å². The molecule has 0 radical (unpaired) electrons. The lowest BCUT2D eigenvalue weighted by Crippen LogP contribution is -2.34. The smallest absolute Gasteiger partial charge is 0.232 e. The maximum Gasteiger partial charge on any atom is 0.232 e. The van der Waals surface area contributed by atoms with Crippen molar-refractivity contribution in [1.29, 1.82) is 10.5 Å². The molecule has 0 atom stereocenters. The van der Waals surface area contributed by atoms with Crippen LogP contribution in [0.4, 0.5) is 0 Å². The van der Waals surface area contributed by atoms with Crippen LogP contribution in [0.2, 0.25) is 0 Å². The largest absolute Gasteiger partial charge is 0.340 e. The van der Waals surface area contributed by atoms with Gasteiger partial charge >= 0.3 is 0 Å². The van der Waals surface area contributed by atoms with Crippen molar-refractivity contribution in [3.8, 4) is 12.1 Å². The quantitative estimate of drug-likeness (QED) is 0.693. The number of carbonyl (C=O) groups is 1. The van der Waals surface area contributed by atoms with Crippen molar-refractivity contribution >= 4 is 33.6 Å². The number of nitriles is 2. The van der Waals surface area contributed by atoms with Gasteiger partial charge in [-0.05, 0) is 30.7 Å². The van der Waals surface area contributed by atoms with Gasteiger partial charge in [-0.25, -0.2) is 0 Å². The van der Waals surface area contributed by atoms with Crippen LogP contribution in [0, 0.1) is 29.6 Å². The normalized spacial score (nSPS) is 9.71. The first kappa shape index (κ1) is 17.6. The Bertz CT molecular complexity index is 559. The monoisotopic (exact) mass is 365 g/mol. The topological polar surface area (TPSA) is 67.9 Å². The number of rotatable bonds is 7. The number of hydrogen-bond donors (Lipinski definition) is 0. The Morgan fingerprint density at radius 2 is 1.90 bits per heavy atom. The summed E-state index contributed by atoms with van der Waals surface area (Å²) in [4.78, 5) is 14.8. The van der Waals surface area contributed by atoms with Crippen molar-refractivity contribution in [3.05, 3.63) is 28.2 Å². The van der Waals surface area contributed by atoms with Crippen molar-refractivity contribution in [2.24, 2.45) is 0 Å². The van der Waals surface area contributed by atoms with Crippen molar-refractivity contribution < 1.29 is 4.79 Å². The highest BCUT2D eigenvalue weighted by Crippen LogP contribution is 2.25. The van der Waals surface area contributed by atoms with Crippen LogP contribution in [-0.2, 0) is 4.79 Å². The first-order valence-electron chi connectivity index (χ1n) is 6.49. The van der Waals surface area contributed by atoms with Crippen LogP contribution >= 0.6 is 27.7 Å². The highest BCUT2D eigenvalue weighted by molar-refractivity contribution is 9.10. The third kappa shape index (κ3) is 6.20. The summed E-state index contributed by atoms with van der Waals surface area (Å²) in [5.41, 5.74) is 1.11. The van der Waals surface area contributed by atoms with Crippen LogP contribution < -0.4 is 0 Å². The molecule has 0 aliphatic rings. The van der Waals surface area contributed by atoms with Gasteiger partial charge in [0, 0.05) is 22.5 Å². The molecule has 6 heteroatoms. The van der Waals surface area contributed by atoms with Crippen molar-refractivity contribution in [2.45, 2.75) is 24.7 Å².